The van der Waals surface area contributed by atoms with Gasteiger partial charge >= 0.3 is 0 Å². The summed E-state index contributed by atoms with van der Waals surface area (Å²) in [5, 5.41) is 7.96. The minimum atomic E-state index is -3.06. The van der Waals surface area contributed by atoms with Gasteiger partial charge in [-0.1, -0.05) is 42.5 Å². The number of carbonyl (C=O) groups is 2. The van der Waals surface area contributed by atoms with Gasteiger partial charge in [0.05, 0.1) is 18.5 Å². The Labute approximate surface area is 207 Å². The van der Waals surface area contributed by atoms with E-state index in [0.717, 1.165) is 17.5 Å². The van der Waals surface area contributed by atoms with Gasteiger partial charge in [-0.05, 0) is 36.8 Å². The lowest BCUT2D eigenvalue weighted by atomic mass is 10.0. The number of halogens is 2. The summed E-state index contributed by atoms with van der Waals surface area (Å²) in [5.74, 6) is -4.61. The number of rotatable bonds is 8. The Morgan fingerprint density at radius 3 is 2.50 bits per heavy atom. The summed E-state index contributed by atoms with van der Waals surface area (Å²) in [4.78, 5) is 26.1. The van der Waals surface area contributed by atoms with Gasteiger partial charge in [0.25, 0.3) is 11.8 Å². The van der Waals surface area contributed by atoms with E-state index in [-0.39, 0.29) is 23.6 Å². The summed E-state index contributed by atoms with van der Waals surface area (Å²) in [7, 11) is 1.51. The van der Waals surface area contributed by atoms with Crippen molar-refractivity contribution in [3.63, 3.8) is 0 Å². The van der Waals surface area contributed by atoms with Crippen molar-refractivity contribution in [2.24, 2.45) is 11.0 Å². The largest absolute Gasteiger partial charge is 0.493 e. The van der Waals surface area contributed by atoms with Crippen molar-refractivity contribution < 1.29 is 27.8 Å². The number of benzene rings is 3. The van der Waals surface area contributed by atoms with Gasteiger partial charge in [-0.3, -0.25) is 9.59 Å². The molecule has 186 valence electrons. The van der Waals surface area contributed by atoms with Crippen molar-refractivity contribution in [1.82, 2.24) is 0 Å². The van der Waals surface area contributed by atoms with E-state index in [1.807, 2.05) is 30.3 Å². The fourth-order valence-corrected chi connectivity index (χ4v) is 3.78. The lowest BCUT2D eigenvalue weighted by molar-refractivity contribution is -0.127. The van der Waals surface area contributed by atoms with Gasteiger partial charge in [-0.2, -0.15) is 10.1 Å². The number of amides is 2. The molecule has 1 aliphatic rings. The van der Waals surface area contributed by atoms with Gasteiger partial charge in [0.15, 0.2) is 17.4 Å². The van der Waals surface area contributed by atoms with Crippen molar-refractivity contribution in [1.29, 1.82) is 0 Å². The maximum absolute atomic E-state index is 13.7. The molecule has 36 heavy (non-hydrogen) atoms. The number of hydrazone groups is 1. The highest BCUT2D eigenvalue weighted by molar-refractivity contribution is 6.28. The van der Waals surface area contributed by atoms with Crippen LogP contribution in [0.25, 0.3) is 0 Å². The van der Waals surface area contributed by atoms with Gasteiger partial charge in [0.1, 0.15) is 6.61 Å². The Hall–Kier alpha value is -4.27. The Morgan fingerprint density at radius 2 is 1.81 bits per heavy atom. The van der Waals surface area contributed by atoms with E-state index in [9.17, 15) is 18.4 Å². The average molecular weight is 494 g/mol. The molecule has 0 radical (unpaired) electrons. The van der Waals surface area contributed by atoms with Crippen LogP contribution in [0, 0.1) is 5.92 Å². The lowest BCUT2D eigenvalue weighted by Crippen LogP contribution is -2.36. The van der Waals surface area contributed by atoms with Crippen molar-refractivity contribution >= 4 is 28.9 Å². The second-order valence-electron chi connectivity index (χ2n) is 8.39. The predicted molar refractivity (Wildman–Crippen MR) is 132 cm³/mol. The monoisotopic (exact) mass is 493 g/mol. The van der Waals surface area contributed by atoms with Crippen LogP contribution < -0.4 is 19.8 Å². The van der Waals surface area contributed by atoms with Crippen molar-refractivity contribution in [3.05, 3.63) is 83.9 Å². The zero-order chi connectivity index (χ0) is 25.9. The van der Waals surface area contributed by atoms with Crippen molar-refractivity contribution in [2.75, 3.05) is 17.4 Å². The third kappa shape index (κ3) is 5.35. The number of methoxy groups -OCH3 is 1. The average Bonchev–Trinajstić information content (AvgIpc) is 3.16. The van der Waals surface area contributed by atoms with Crippen LogP contribution in [0.5, 0.6) is 11.5 Å². The molecule has 3 aromatic carbocycles. The van der Waals surface area contributed by atoms with Crippen molar-refractivity contribution in [3.8, 4) is 11.5 Å². The molecule has 9 heteroatoms. The maximum atomic E-state index is 13.7. The number of carbonyl (C=O) groups excluding carboxylic acids is 2. The zero-order valence-corrected chi connectivity index (χ0v) is 20.0. The molecule has 4 rings (SSSR count). The summed E-state index contributed by atoms with van der Waals surface area (Å²) in [6.07, 6.45) is 0. The number of alkyl halides is 2. The fourth-order valence-electron chi connectivity index (χ4n) is 3.78. The van der Waals surface area contributed by atoms with E-state index in [0.29, 0.717) is 17.2 Å². The summed E-state index contributed by atoms with van der Waals surface area (Å²) >= 11 is 0. The molecule has 0 aliphatic carbocycles. The van der Waals surface area contributed by atoms with Crippen molar-refractivity contribution in [2.45, 2.75) is 26.4 Å². The SMILES string of the molecule is COc1ccc(N2N=C(C)C(C(=O)Nc3cccc(C(C)(F)F)c3)C2=O)cc1OCc1ccccc1. The number of nitrogens with zero attached hydrogens (tertiary/aromatic N) is 2. The zero-order valence-electron chi connectivity index (χ0n) is 20.0. The standard InChI is InChI=1S/C27H25F2N3O4/c1-17-24(25(33)30-20-11-7-10-19(14-20)27(2,28)29)26(34)32(31-17)21-12-13-22(35-3)23(15-21)36-16-18-8-5-4-6-9-18/h4-15,24H,16H2,1-3H3,(H,30,33). The van der Waals surface area contributed by atoms with Gasteiger partial charge in [-0.15, -0.1) is 0 Å². The molecule has 0 saturated carbocycles. The predicted octanol–water partition coefficient (Wildman–Crippen LogP) is 5.36. The third-order valence-corrected chi connectivity index (χ3v) is 5.66. The molecule has 1 atom stereocenters. The molecular weight excluding hydrogens is 468 g/mol. The van der Waals surface area contributed by atoms with E-state index in [2.05, 4.69) is 10.4 Å². The highest BCUT2D eigenvalue weighted by Crippen LogP contribution is 2.35. The molecule has 1 N–H and O–H groups in total. The van der Waals surface area contributed by atoms with Crippen LogP contribution in [0.3, 0.4) is 0 Å². The normalized spacial score (nSPS) is 15.5. The molecule has 0 bridgehead atoms. The minimum absolute atomic E-state index is 0.166. The number of hydrogen-bond acceptors (Lipinski definition) is 5. The fraction of sp³-hybridized carbons (Fsp3) is 0.222. The molecule has 7 nitrogen and oxygen atoms in total. The Balaban J connectivity index is 1.52. The second-order valence-corrected chi connectivity index (χ2v) is 8.39. The topological polar surface area (TPSA) is 80.2 Å². The number of ether oxygens (including phenoxy) is 2. The Bertz CT molecular complexity index is 1310. The van der Waals surface area contributed by atoms with Crippen LogP contribution >= 0.6 is 0 Å². The highest BCUT2D eigenvalue weighted by Gasteiger charge is 2.40. The highest BCUT2D eigenvalue weighted by atomic mass is 19.3. The van der Waals surface area contributed by atoms with Gasteiger partial charge in [0, 0.05) is 24.2 Å². The smallest absolute Gasteiger partial charge is 0.270 e. The third-order valence-electron chi connectivity index (χ3n) is 5.66. The minimum Gasteiger partial charge on any atom is -0.493 e. The van der Waals surface area contributed by atoms with Gasteiger partial charge < -0.3 is 14.8 Å². The van der Waals surface area contributed by atoms with Crippen LogP contribution in [0.4, 0.5) is 20.2 Å². The maximum Gasteiger partial charge on any atom is 0.270 e. The van der Waals surface area contributed by atoms with Crippen LogP contribution in [0.15, 0.2) is 77.9 Å². The number of anilines is 2. The number of hydrogen-bond donors (Lipinski definition) is 1. The van der Waals surface area contributed by atoms with Crippen LogP contribution in [0.2, 0.25) is 0 Å². The summed E-state index contributed by atoms with van der Waals surface area (Å²) in [6.45, 7) is 2.63. The quantitative estimate of drug-likeness (QED) is 0.428. The lowest BCUT2D eigenvalue weighted by Gasteiger charge is -2.17. The molecule has 0 spiro atoms. The van der Waals surface area contributed by atoms with Crippen LogP contribution in [-0.2, 0) is 22.1 Å². The molecule has 3 aromatic rings. The van der Waals surface area contributed by atoms with E-state index >= 15 is 0 Å². The first-order chi connectivity index (χ1) is 17.2. The number of nitrogens with one attached hydrogen (secondary N) is 1. The molecular formula is C27H25F2N3O4. The molecule has 0 aromatic heterocycles. The van der Waals surface area contributed by atoms with Gasteiger partial charge in [0.2, 0.25) is 5.91 Å². The Kier molecular flexibility index (Phi) is 7.00. The molecule has 1 unspecified atom stereocenters. The molecule has 1 heterocycles. The summed E-state index contributed by atoms with van der Waals surface area (Å²) in [6, 6.07) is 19.8. The molecule has 2 amide bonds. The summed E-state index contributed by atoms with van der Waals surface area (Å²) < 4.78 is 38.6. The van der Waals surface area contributed by atoms with Gasteiger partial charge in [-0.25, -0.2) is 8.78 Å². The van der Waals surface area contributed by atoms with E-state index < -0.39 is 23.7 Å². The molecule has 0 saturated heterocycles. The summed E-state index contributed by atoms with van der Waals surface area (Å²) in [5.41, 5.74) is 1.55. The van der Waals surface area contributed by atoms with E-state index in [1.165, 1.54) is 31.4 Å². The van der Waals surface area contributed by atoms with Crippen LogP contribution in [0.1, 0.15) is 25.0 Å². The van der Waals surface area contributed by atoms with E-state index in [1.54, 1.807) is 25.1 Å². The first-order valence-corrected chi connectivity index (χ1v) is 11.2. The second kappa shape index (κ2) is 10.2. The van der Waals surface area contributed by atoms with Crippen LogP contribution in [-0.4, -0.2) is 24.6 Å². The first kappa shape index (κ1) is 24.8. The molecule has 1 aliphatic heterocycles. The van der Waals surface area contributed by atoms with E-state index in [4.69, 9.17) is 9.47 Å². The molecule has 0 fully saturated rings. The Morgan fingerprint density at radius 1 is 1.06 bits per heavy atom. The first-order valence-electron chi connectivity index (χ1n) is 11.2.